The summed E-state index contributed by atoms with van der Waals surface area (Å²) in [6.07, 6.45) is 2.22. The third-order valence-corrected chi connectivity index (χ3v) is 2.22. The largest absolute Gasteiger partial charge is 0.481 e. The fourth-order valence-corrected chi connectivity index (χ4v) is 1.35. The Hall–Kier alpha value is -1.98. The zero-order chi connectivity index (χ0) is 10.8. The highest BCUT2D eigenvalue weighted by molar-refractivity contribution is 5.69. The number of carbonyl (C=O) groups is 1. The lowest BCUT2D eigenvalue weighted by Crippen LogP contribution is -2.12. The van der Waals surface area contributed by atoms with Gasteiger partial charge >= 0.3 is 5.97 Å². The summed E-state index contributed by atoms with van der Waals surface area (Å²) in [7, 11) is 0. The number of rotatable bonds is 3. The summed E-state index contributed by atoms with van der Waals surface area (Å²) in [5.74, 6) is -1.20. The molecule has 2 aromatic heterocycles. The van der Waals surface area contributed by atoms with Gasteiger partial charge in [0.2, 0.25) is 0 Å². The van der Waals surface area contributed by atoms with Crippen LogP contribution in [0.1, 0.15) is 12.5 Å². The van der Waals surface area contributed by atoms with Crippen LogP contribution in [0, 0.1) is 5.92 Å². The first-order valence-electron chi connectivity index (χ1n) is 4.56. The molecule has 0 aliphatic rings. The van der Waals surface area contributed by atoms with Crippen molar-refractivity contribution in [2.75, 3.05) is 0 Å². The molecule has 1 N–H and O–H groups in total. The molecule has 6 nitrogen and oxygen atoms in total. The van der Waals surface area contributed by atoms with Gasteiger partial charge in [0, 0.05) is 6.20 Å². The first-order chi connectivity index (χ1) is 7.16. The van der Waals surface area contributed by atoms with Crippen molar-refractivity contribution in [3.8, 4) is 0 Å². The van der Waals surface area contributed by atoms with Gasteiger partial charge in [-0.3, -0.25) is 4.79 Å². The molecule has 0 aliphatic carbocycles. The van der Waals surface area contributed by atoms with Crippen molar-refractivity contribution in [3.63, 3.8) is 0 Å². The number of fused-ring (bicyclic) bond motifs is 1. The Bertz CT molecular complexity index is 494. The molecule has 0 saturated carbocycles. The summed E-state index contributed by atoms with van der Waals surface area (Å²) in [6, 6.07) is 3.61. The van der Waals surface area contributed by atoms with Crippen LogP contribution in [0.5, 0.6) is 0 Å². The van der Waals surface area contributed by atoms with Gasteiger partial charge in [0.25, 0.3) is 0 Å². The molecular formula is C9H10N4O2. The lowest BCUT2D eigenvalue weighted by Gasteiger charge is -2.05. The molecule has 0 fully saturated rings. The van der Waals surface area contributed by atoms with Gasteiger partial charge in [-0.1, -0.05) is 13.0 Å². The van der Waals surface area contributed by atoms with Gasteiger partial charge in [-0.05, 0) is 28.5 Å². The minimum Gasteiger partial charge on any atom is -0.481 e. The Labute approximate surface area is 85.5 Å². The minimum absolute atomic E-state index is 0.404. The summed E-state index contributed by atoms with van der Waals surface area (Å²) in [5, 5.41) is 19.8. The van der Waals surface area contributed by atoms with Crippen LogP contribution in [0.2, 0.25) is 0 Å². The quantitative estimate of drug-likeness (QED) is 0.785. The topological polar surface area (TPSA) is 80.4 Å². The highest BCUT2D eigenvalue weighted by atomic mass is 16.4. The number of tetrazole rings is 1. The molecule has 15 heavy (non-hydrogen) atoms. The molecule has 0 spiro atoms. The second-order valence-electron chi connectivity index (χ2n) is 3.46. The Morgan fingerprint density at radius 3 is 3.13 bits per heavy atom. The Kier molecular flexibility index (Phi) is 2.32. The molecule has 2 rings (SSSR count). The number of hydrogen-bond donors (Lipinski definition) is 1. The van der Waals surface area contributed by atoms with Crippen molar-refractivity contribution in [2.24, 2.45) is 5.92 Å². The monoisotopic (exact) mass is 206 g/mol. The second-order valence-corrected chi connectivity index (χ2v) is 3.46. The molecular weight excluding hydrogens is 196 g/mol. The predicted molar refractivity (Wildman–Crippen MR) is 51.3 cm³/mol. The Balaban J connectivity index is 2.24. The average Bonchev–Trinajstić information content (AvgIpc) is 2.64. The Morgan fingerprint density at radius 2 is 2.40 bits per heavy atom. The van der Waals surface area contributed by atoms with Gasteiger partial charge < -0.3 is 5.11 Å². The van der Waals surface area contributed by atoms with E-state index in [9.17, 15) is 4.79 Å². The fourth-order valence-electron chi connectivity index (χ4n) is 1.35. The van der Waals surface area contributed by atoms with E-state index in [0.717, 1.165) is 5.56 Å². The van der Waals surface area contributed by atoms with Gasteiger partial charge in [-0.15, -0.1) is 5.10 Å². The zero-order valence-corrected chi connectivity index (χ0v) is 8.16. The van der Waals surface area contributed by atoms with Crippen LogP contribution >= 0.6 is 0 Å². The second kappa shape index (κ2) is 3.64. The van der Waals surface area contributed by atoms with E-state index in [1.165, 1.54) is 4.52 Å². The standard InChI is InChI=1S/C9H10N4O2/c1-6(9(14)15)4-7-2-3-8-10-11-12-13(8)5-7/h2-3,5-6H,4H2,1H3,(H,14,15). The van der Waals surface area contributed by atoms with Gasteiger partial charge in [-0.25, -0.2) is 4.52 Å². The summed E-state index contributed by atoms with van der Waals surface area (Å²) >= 11 is 0. The van der Waals surface area contributed by atoms with Gasteiger partial charge in [0.15, 0.2) is 5.65 Å². The smallest absolute Gasteiger partial charge is 0.306 e. The molecule has 0 bridgehead atoms. The summed E-state index contributed by atoms with van der Waals surface area (Å²) in [5.41, 5.74) is 1.56. The van der Waals surface area contributed by atoms with Gasteiger partial charge in [-0.2, -0.15) is 0 Å². The molecule has 0 amide bonds. The molecule has 6 heteroatoms. The number of carboxylic acids is 1. The average molecular weight is 206 g/mol. The zero-order valence-electron chi connectivity index (χ0n) is 8.16. The molecule has 78 valence electrons. The summed E-state index contributed by atoms with van der Waals surface area (Å²) < 4.78 is 1.53. The number of hydrogen-bond acceptors (Lipinski definition) is 4. The van der Waals surface area contributed by atoms with E-state index in [1.54, 1.807) is 19.2 Å². The molecule has 0 aliphatic heterocycles. The van der Waals surface area contributed by atoms with E-state index in [2.05, 4.69) is 15.5 Å². The molecule has 1 unspecified atom stereocenters. The maximum atomic E-state index is 10.7. The van der Waals surface area contributed by atoms with Crippen LogP contribution < -0.4 is 0 Å². The molecule has 0 saturated heterocycles. The fraction of sp³-hybridized carbons (Fsp3) is 0.333. The van der Waals surface area contributed by atoms with Gasteiger partial charge in [0.05, 0.1) is 5.92 Å². The molecule has 2 aromatic rings. The lowest BCUT2D eigenvalue weighted by molar-refractivity contribution is -0.141. The predicted octanol–water partition coefficient (Wildman–Crippen LogP) is 0.387. The van der Waals surface area contributed by atoms with E-state index in [-0.39, 0.29) is 0 Å². The summed E-state index contributed by atoms with van der Waals surface area (Å²) in [6.45, 7) is 1.67. The van der Waals surface area contributed by atoms with Crippen LogP contribution in [0.25, 0.3) is 5.65 Å². The van der Waals surface area contributed by atoms with Crippen LogP contribution in [0.3, 0.4) is 0 Å². The van der Waals surface area contributed by atoms with E-state index < -0.39 is 11.9 Å². The van der Waals surface area contributed by atoms with Crippen LogP contribution in [-0.2, 0) is 11.2 Å². The van der Waals surface area contributed by atoms with E-state index in [4.69, 9.17) is 5.11 Å². The number of pyridine rings is 1. The summed E-state index contributed by atoms with van der Waals surface area (Å²) in [4.78, 5) is 10.7. The van der Waals surface area contributed by atoms with Crippen molar-refractivity contribution in [1.82, 2.24) is 20.0 Å². The van der Waals surface area contributed by atoms with Gasteiger partial charge in [0.1, 0.15) is 0 Å². The molecule has 0 radical (unpaired) electrons. The Morgan fingerprint density at radius 1 is 1.60 bits per heavy atom. The number of aromatic nitrogens is 4. The first-order valence-corrected chi connectivity index (χ1v) is 4.56. The van der Waals surface area contributed by atoms with Crippen molar-refractivity contribution >= 4 is 11.6 Å². The SMILES string of the molecule is CC(Cc1ccc2nnnn2c1)C(=O)O. The maximum Gasteiger partial charge on any atom is 0.306 e. The first kappa shape index (κ1) is 9.57. The van der Waals surface area contributed by atoms with Crippen LogP contribution in [0.15, 0.2) is 18.3 Å². The molecule has 2 heterocycles. The molecule has 0 aromatic carbocycles. The third-order valence-electron chi connectivity index (χ3n) is 2.22. The van der Waals surface area contributed by atoms with Crippen molar-refractivity contribution in [3.05, 3.63) is 23.9 Å². The van der Waals surface area contributed by atoms with Crippen molar-refractivity contribution in [2.45, 2.75) is 13.3 Å². The van der Waals surface area contributed by atoms with Crippen molar-refractivity contribution < 1.29 is 9.90 Å². The number of nitrogens with zero attached hydrogens (tertiary/aromatic N) is 4. The number of aliphatic carboxylic acids is 1. The normalized spacial score (nSPS) is 12.9. The highest BCUT2D eigenvalue weighted by Gasteiger charge is 2.12. The van der Waals surface area contributed by atoms with E-state index in [0.29, 0.717) is 12.1 Å². The van der Waals surface area contributed by atoms with Crippen LogP contribution in [0.4, 0.5) is 0 Å². The van der Waals surface area contributed by atoms with Crippen LogP contribution in [-0.4, -0.2) is 31.1 Å². The van der Waals surface area contributed by atoms with E-state index >= 15 is 0 Å². The highest BCUT2D eigenvalue weighted by Crippen LogP contribution is 2.09. The maximum absolute atomic E-state index is 10.7. The van der Waals surface area contributed by atoms with E-state index in [1.807, 2.05) is 6.07 Å². The third kappa shape index (κ3) is 1.93. The minimum atomic E-state index is -0.799. The molecule has 1 atom stereocenters. The van der Waals surface area contributed by atoms with Crippen molar-refractivity contribution in [1.29, 1.82) is 0 Å². The lowest BCUT2D eigenvalue weighted by atomic mass is 10.0. The number of carboxylic acid groups (broad SMARTS) is 1.